The summed E-state index contributed by atoms with van der Waals surface area (Å²) in [6.45, 7) is 4.59. The van der Waals surface area contributed by atoms with Crippen LogP contribution in [0.5, 0.6) is 0 Å². The summed E-state index contributed by atoms with van der Waals surface area (Å²) >= 11 is 6.00. The van der Waals surface area contributed by atoms with Gasteiger partial charge in [-0.2, -0.15) is 4.98 Å². The van der Waals surface area contributed by atoms with Crippen molar-refractivity contribution in [3.05, 3.63) is 23.2 Å². The number of anilines is 1. The van der Waals surface area contributed by atoms with Gasteiger partial charge in [0.2, 0.25) is 5.91 Å². The molecule has 2 aliphatic rings. The number of piperidine rings is 1. The van der Waals surface area contributed by atoms with Crippen LogP contribution in [0.15, 0.2) is 22.6 Å². The molecule has 0 spiro atoms. The number of amides is 1. The number of fused-ring (bicyclic) bond motifs is 1. The van der Waals surface area contributed by atoms with Crippen molar-refractivity contribution in [3.63, 3.8) is 0 Å². The Morgan fingerprint density at radius 2 is 2.22 bits per heavy atom. The van der Waals surface area contributed by atoms with Gasteiger partial charge >= 0.3 is 0 Å². The number of aromatic nitrogens is 1. The van der Waals surface area contributed by atoms with E-state index in [1.165, 1.54) is 0 Å². The number of rotatable bonds is 5. The smallest absolute Gasteiger partial charge is 0.298 e. The van der Waals surface area contributed by atoms with Gasteiger partial charge in [-0.05, 0) is 31.4 Å². The molecule has 4 rings (SSSR count). The second-order valence-electron chi connectivity index (χ2n) is 7.18. The zero-order valence-corrected chi connectivity index (χ0v) is 16.0. The van der Waals surface area contributed by atoms with E-state index in [1.807, 2.05) is 12.1 Å². The van der Waals surface area contributed by atoms with Crippen LogP contribution in [0.3, 0.4) is 0 Å². The van der Waals surface area contributed by atoms with Crippen molar-refractivity contribution < 1.29 is 13.9 Å². The highest BCUT2D eigenvalue weighted by atomic mass is 35.5. The van der Waals surface area contributed by atoms with Crippen molar-refractivity contribution in [1.29, 1.82) is 0 Å². The molecular weight excluding hydrogens is 368 g/mol. The summed E-state index contributed by atoms with van der Waals surface area (Å²) in [4.78, 5) is 19.1. The Kier molecular flexibility index (Phi) is 5.80. The van der Waals surface area contributed by atoms with Gasteiger partial charge in [0.25, 0.3) is 6.01 Å². The van der Waals surface area contributed by atoms with Crippen molar-refractivity contribution in [2.75, 3.05) is 44.3 Å². The van der Waals surface area contributed by atoms with Crippen molar-refractivity contribution >= 4 is 34.6 Å². The molecule has 0 aliphatic carbocycles. The number of oxazole rings is 1. The topological polar surface area (TPSA) is 79.6 Å². The molecule has 2 saturated heterocycles. The zero-order chi connectivity index (χ0) is 18.6. The predicted molar refractivity (Wildman–Crippen MR) is 104 cm³/mol. The number of halogens is 1. The molecule has 146 valence electrons. The van der Waals surface area contributed by atoms with Crippen LogP contribution >= 0.6 is 11.6 Å². The van der Waals surface area contributed by atoms with E-state index in [1.54, 1.807) is 6.07 Å². The number of ether oxygens (including phenoxy) is 1. The lowest BCUT2D eigenvalue weighted by atomic mass is 9.96. The Morgan fingerprint density at radius 3 is 3.00 bits per heavy atom. The summed E-state index contributed by atoms with van der Waals surface area (Å²) in [5.41, 5.74) is 1.49. The van der Waals surface area contributed by atoms with E-state index < -0.39 is 0 Å². The van der Waals surface area contributed by atoms with Gasteiger partial charge < -0.3 is 24.7 Å². The molecule has 2 fully saturated rings. The number of hydrogen-bond acceptors (Lipinski definition) is 6. The van der Waals surface area contributed by atoms with Crippen molar-refractivity contribution in [3.8, 4) is 0 Å². The third-order valence-electron chi connectivity index (χ3n) is 5.27. The van der Waals surface area contributed by atoms with Gasteiger partial charge in [-0.1, -0.05) is 11.6 Å². The van der Waals surface area contributed by atoms with Crippen LogP contribution in [0.4, 0.5) is 6.01 Å². The molecule has 1 atom stereocenters. The highest BCUT2D eigenvalue weighted by Gasteiger charge is 2.27. The first-order valence-electron chi connectivity index (χ1n) is 9.59. The number of benzene rings is 1. The molecule has 8 heteroatoms. The van der Waals surface area contributed by atoms with Crippen molar-refractivity contribution in [1.82, 2.24) is 15.6 Å². The van der Waals surface area contributed by atoms with Gasteiger partial charge in [-0.15, -0.1) is 0 Å². The zero-order valence-electron chi connectivity index (χ0n) is 15.2. The second-order valence-corrected chi connectivity index (χ2v) is 7.61. The predicted octanol–water partition coefficient (Wildman–Crippen LogP) is 2.19. The van der Waals surface area contributed by atoms with E-state index in [0.29, 0.717) is 29.2 Å². The standard InChI is InChI=1S/C19H25ClN4O3/c20-14-1-2-16-17(11-14)27-19(23-16)24-8-4-13(5-9-24)18(25)22-6-3-15-12-26-10-7-21-15/h1-2,11,13,15,21H,3-10,12H2,(H,22,25). The summed E-state index contributed by atoms with van der Waals surface area (Å²) in [6, 6.07) is 6.39. The lowest BCUT2D eigenvalue weighted by Gasteiger charge is -2.30. The van der Waals surface area contributed by atoms with Crippen LogP contribution in [-0.4, -0.2) is 56.3 Å². The summed E-state index contributed by atoms with van der Waals surface area (Å²) in [5, 5.41) is 7.11. The molecule has 1 aromatic carbocycles. The Labute approximate surface area is 163 Å². The number of carbonyl (C=O) groups is 1. The van der Waals surface area contributed by atoms with Crippen molar-refractivity contribution in [2.45, 2.75) is 25.3 Å². The summed E-state index contributed by atoms with van der Waals surface area (Å²) in [7, 11) is 0. The van der Waals surface area contributed by atoms with Crippen LogP contribution in [-0.2, 0) is 9.53 Å². The van der Waals surface area contributed by atoms with E-state index >= 15 is 0 Å². The van der Waals surface area contributed by atoms with Crippen LogP contribution in [0, 0.1) is 5.92 Å². The highest BCUT2D eigenvalue weighted by Crippen LogP contribution is 2.28. The maximum Gasteiger partial charge on any atom is 0.298 e. The van der Waals surface area contributed by atoms with Crippen LogP contribution < -0.4 is 15.5 Å². The number of carbonyl (C=O) groups excluding carboxylic acids is 1. The highest BCUT2D eigenvalue weighted by molar-refractivity contribution is 6.31. The fourth-order valence-corrected chi connectivity index (χ4v) is 3.84. The average Bonchev–Trinajstić information content (AvgIpc) is 3.12. The number of morpholine rings is 1. The summed E-state index contributed by atoms with van der Waals surface area (Å²) in [5.74, 6) is 0.200. The van der Waals surface area contributed by atoms with Gasteiger partial charge in [0, 0.05) is 49.2 Å². The Balaban J connectivity index is 1.24. The molecule has 2 aliphatic heterocycles. The SMILES string of the molecule is O=C(NCCC1COCCN1)C1CCN(c2nc3ccc(Cl)cc3o2)CC1. The third kappa shape index (κ3) is 4.54. The molecule has 0 bridgehead atoms. The molecule has 0 radical (unpaired) electrons. The fraction of sp³-hybridized carbons (Fsp3) is 0.579. The minimum atomic E-state index is 0.0515. The molecule has 2 N–H and O–H groups in total. The van der Waals surface area contributed by atoms with Gasteiger partial charge in [-0.3, -0.25) is 4.79 Å². The van der Waals surface area contributed by atoms with E-state index in [9.17, 15) is 4.79 Å². The monoisotopic (exact) mass is 392 g/mol. The van der Waals surface area contributed by atoms with Crippen molar-refractivity contribution in [2.24, 2.45) is 5.92 Å². The van der Waals surface area contributed by atoms with E-state index in [4.69, 9.17) is 20.8 Å². The second kappa shape index (κ2) is 8.46. The summed E-state index contributed by atoms with van der Waals surface area (Å²) in [6.07, 6.45) is 2.50. The number of hydrogen-bond donors (Lipinski definition) is 2. The number of nitrogens with zero attached hydrogens (tertiary/aromatic N) is 2. The fourth-order valence-electron chi connectivity index (χ4n) is 3.67. The van der Waals surface area contributed by atoms with Gasteiger partial charge in [-0.25, -0.2) is 0 Å². The molecule has 3 heterocycles. The first-order valence-corrected chi connectivity index (χ1v) is 9.97. The van der Waals surface area contributed by atoms with E-state index in [-0.39, 0.29) is 11.8 Å². The minimum Gasteiger partial charge on any atom is -0.423 e. The van der Waals surface area contributed by atoms with E-state index in [0.717, 1.165) is 57.6 Å². The minimum absolute atomic E-state index is 0.0515. The normalized spacial score (nSPS) is 21.5. The van der Waals surface area contributed by atoms with Crippen LogP contribution in [0.1, 0.15) is 19.3 Å². The van der Waals surface area contributed by atoms with Crippen LogP contribution in [0.25, 0.3) is 11.1 Å². The lowest BCUT2D eigenvalue weighted by Crippen LogP contribution is -2.45. The molecule has 27 heavy (non-hydrogen) atoms. The third-order valence-corrected chi connectivity index (χ3v) is 5.50. The Hall–Kier alpha value is -1.83. The first kappa shape index (κ1) is 18.5. The largest absolute Gasteiger partial charge is 0.423 e. The molecule has 1 amide bonds. The van der Waals surface area contributed by atoms with Gasteiger partial charge in [0.05, 0.1) is 13.2 Å². The average molecular weight is 393 g/mol. The van der Waals surface area contributed by atoms with E-state index in [2.05, 4.69) is 20.5 Å². The maximum atomic E-state index is 12.4. The maximum absolute atomic E-state index is 12.4. The quantitative estimate of drug-likeness (QED) is 0.812. The molecular formula is C19H25ClN4O3. The Bertz CT molecular complexity index is 782. The van der Waals surface area contributed by atoms with Crippen LogP contribution in [0.2, 0.25) is 5.02 Å². The van der Waals surface area contributed by atoms with Gasteiger partial charge in [0.1, 0.15) is 5.52 Å². The molecule has 2 aromatic rings. The Morgan fingerprint density at radius 1 is 1.37 bits per heavy atom. The number of nitrogens with one attached hydrogen (secondary N) is 2. The molecule has 1 aromatic heterocycles. The first-order chi connectivity index (χ1) is 13.2. The molecule has 1 unspecified atom stereocenters. The molecule has 7 nitrogen and oxygen atoms in total. The summed E-state index contributed by atoms with van der Waals surface area (Å²) < 4.78 is 11.3. The lowest BCUT2D eigenvalue weighted by molar-refractivity contribution is -0.125. The van der Waals surface area contributed by atoms with Gasteiger partial charge in [0.15, 0.2) is 5.58 Å². The molecule has 0 saturated carbocycles.